The fourth-order valence-electron chi connectivity index (χ4n) is 1.96. The van der Waals surface area contributed by atoms with Crippen molar-refractivity contribution in [1.82, 2.24) is 0 Å². The summed E-state index contributed by atoms with van der Waals surface area (Å²) in [5.74, 6) is 0.0342. The molecule has 4 nitrogen and oxygen atoms in total. The number of carbonyl (C=O) groups excluding carboxylic acids is 1. The lowest BCUT2D eigenvalue weighted by molar-refractivity contribution is -0.118. The number of nitrogens with two attached hydrogens (primary N) is 1. The summed E-state index contributed by atoms with van der Waals surface area (Å²) < 4.78 is 5.24. The van der Waals surface area contributed by atoms with Crippen LogP contribution in [0.1, 0.15) is 11.6 Å². The molecule has 21 heavy (non-hydrogen) atoms. The Kier molecular flexibility index (Phi) is 4.94. The molecule has 0 spiro atoms. The number of rotatable bonds is 5. The molecule has 2 rings (SSSR count). The van der Waals surface area contributed by atoms with Crippen LogP contribution < -0.4 is 15.8 Å². The lowest BCUT2D eigenvalue weighted by atomic mass is 10.1. The van der Waals surface area contributed by atoms with E-state index in [1.54, 1.807) is 37.4 Å². The highest BCUT2D eigenvalue weighted by Gasteiger charge is 2.22. The monoisotopic (exact) mass is 324 g/mol. The Morgan fingerprint density at radius 2 is 1.90 bits per heavy atom. The smallest absolute Gasteiger partial charge is 0.244 e. The quantitative estimate of drug-likeness (QED) is 0.882. The molecule has 2 aromatic carbocycles. The van der Waals surface area contributed by atoms with Crippen molar-refractivity contribution in [2.45, 2.75) is 6.04 Å². The second kappa shape index (κ2) is 6.70. The number of anilines is 1. The number of halogens is 2. The van der Waals surface area contributed by atoms with Crippen LogP contribution in [0.15, 0.2) is 42.5 Å². The van der Waals surface area contributed by atoms with Gasteiger partial charge < -0.3 is 15.8 Å². The van der Waals surface area contributed by atoms with Crippen molar-refractivity contribution in [2.24, 2.45) is 5.73 Å². The first-order chi connectivity index (χ1) is 10.0. The van der Waals surface area contributed by atoms with E-state index < -0.39 is 11.9 Å². The summed E-state index contributed by atoms with van der Waals surface area (Å²) in [6.07, 6.45) is 0. The molecule has 0 aromatic heterocycles. The molecule has 2 aromatic rings. The Bertz CT molecular complexity index is 662. The molecule has 0 saturated carbocycles. The van der Waals surface area contributed by atoms with Gasteiger partial charge in [0.2, 0.25) is 5.91 Å². The van der Waals surface area contributed by atoms with E-state index in [2.05, 4.69) is 5.32 Å². The molecule has 0 heterocycles. The summed E-state index contributed by atoms with van der Waals surface area (Å²) in [5.41, 5.74) is 6.64. The summed E-state index contributed by atoms with van der Waals surface area (Å²) in [6, 6.07) is 11.5. The van der Waals surface area contributed by atoms with E-state index in [1.165, 1.54) is 0 Å². The van der Waals surface area contributed by atoms with Gasteiger partial charge in [-0.15, -0.1) is 0 Å². The molecule has 0 aliphatic heterocycles. The molecule has 0 aliphatic rings. The standard InChI is InChI=1S/C15H14Cl2N2O2/c1-21-12-8-3-2-7-11(12)19-14(15(18)20)9-5-4-6-10(16)13(9)17/h2-8,14,19H,1H3,(H2,18,20). The van der Waals surface area contributed by atoms with Crippen LogP contribution in [-0.2, 0) is 4.79 Å². The van der Waals surface area contributed by atoms with Gasteiger partial charge in [0, 0.05) is 5.56 Å². The second-order valence-corrected chi connectivity index (χ2v) is 5.11. The van der Waals surface area contributed by atoms with Gasteiger partial charge in [0.05, 0.1) is 22.8 Å². The lowest BCUT2D eigenvalue weighted by Gasteiger charge is -2.20. The number of ether oxygens (including phenoxy) is 1. The molecule has 6 heteroatoms. The molecule has 1 unspecified atom stereocenters. The Balaban J connectivity index is 2.41. The first kappa shape index (κ1) is 15.5. The van der Waals surface area contributed by atoms with Gasteiger partial charge in [-0.1, -0.05) is 47.5 Å². The predicted molar refractivity (Wildman–Crippen MR) is 85.0 cm³/mol. The number of nitrogens with one attached hydrogen (secondary N) is 1. The molecule has 110 valence electrons. The molecule has 0 saturated heterocycles. The largest absolute Gasteiger partial charge is 0.495 e. The molecule has 3 N–H and O–H groups in total. The Morgan fingerprint density at radius 1 is 1.19 bits per heavy atom. The second-order valence-electron chi connectivity index (χ2n) is 4.32. The van der Waals surface area contributed by atoms with Gasteiger partial charge in [0.25, 0.3) is 0 Å². The highest BCUT2D eigenvalue weighted by molar-refractivity contribution is 6.42. The average Bonchev–Trinajstić information content (AvgIpc) is 2.48. The molecule has 0 aliphatic carbocycles. The van der Waals surface area contributed by atoms with E-state index >= 15 is 0 Å². The van der Waals surface area contributed by atoms with Crippen molar-refractivity contribution in [3.8, 4) is 5.75 Å². The normalized spacial score (nSPS) is 11.8. The zero-order chi connectivity index (χ0) is 15.4. The van der Waals surface area contributed by atoms with E-state index in [9.17, 15) is 4.79 Å². The topological polar surface area (TPSA) is 64.3 Å². The van der Waals surface area contributed by atoms with E-state index in [4.69, 9.17) is 33.7 Å². The maximum atomic E-state index is 11.8. The molecule has 0 radical (unpaired) electrons. The molecule has 1 amide bonds. The van der Waals surface area contributed by atoms with Crippen LogP contribution in [0, 0.1) is 0 Å². The summed E-state index contributed by atoms with van der Waals surface area (Å²) in [4.78, 5) is 11.8. The number of benzene rings is 2. The first-order valence-electron chi connectivity index (χ1n) is 6.17. The van der Waals surface area contributed by atoms with Crippen LogP contribution in [-0.4, -0.2) is 13.0 Å². The summed E-state index contributed by atoms with van der Waals surface area (Å²) in [7, 11) is 1.55. The van der Waals surface area contributed by atoms with Gasteiger partial charge >= 0.3 is 0 Å². The third-order valence-electron chi connectivity index (χ3n) is 2.98. The lowest BCUT2D eigenvalue weighted by Crippen LogP contribution is -2.28. The van der Waals surface area contributed by atoms with Gasteiger partial charge in [-0.25, -0.2) is 0 Å². The summed E-state index contributed by atoms with van der Waals surface area (Å²) >= 11 is 12.1. The Labute approximate surface area is 132 Å². The van der Waals surface area contributed by atoms with Crippen LogP contribution >= 0.6 is 23.2 Å². The molecule has 1 atom stereocenters. The average molecular weight is 325 g/mol. The van der Waals surface area contributed by atoms with Crippen molar-refractivity contribution < 1.29 is 9.53 Å². The van der Waals surface area contributed by atoms with E-state index in [0.29, 0.717) is 27.0 Å². The number of amides is 1. The van der Waals surface area contributed by atoms with Crippen LogP contribution in [0.5, 0.6) is 5.75 Å². The molecule has 0 bridgehead atoms. The van der Waals surface area contributed by atoms with Crippen molar-refractivity contribution in [3.63, 3.8) is 0 Å². The summed E-state index contributed by atoms with van der Waals surface area (Å²) in [5, 5.41) is 3.70. The van der Waals surface area contributed by atoms with E-state index in [0.717, 1.165) is 0 Å². The van der Waals surface area contributed by atoms with Crippen LogP contribution in [0.4, 0.5) is 5.69 Å². The first-order valence-corrected chi connectivity index (χ1v) is 6.93. The fourth-order valence-corrected chi connectivity index (χ4v) is 2.38. The van der Waals surface area contributed by atoms with Crippen LogP contribution in [0.2, 0.25) is 10.0 Å². The number of carbonyl (C=O) groups is 1. The fraction of sp³-hybridized carbons (Fsp3) is 0.133. The highest BCUT2D eigenvalue weighted by atomic mass is 35.5. The molecule has 0 fully saturated rings. The van der Waals surface area contributed by atoms with Gasteiger partial charge in [-0.2, -0.15) is 0 Å². The minimum absolute atomic E-state index is 0.297. The maximum absolute atomic E-state index is 11.8. The highest BCUT2D eigenvalue weighted by Crippen LogP contribution is 2.33. The molecular weight excluding hydrogens is 311 g/mol. The van der Waals surface area contributed by atoms with Gasteiger partial charge in [0.15, 0.2) is 0 Å². The third-order valence-corrected chi connectivity index (χ3v) is 3.82. The molecular formula is C15H14Cl2N2O2. The predicted octanol–water partition coefficient (Wildman–Crippen LogP) is 3.64. The Morgan fingerprint density at radius 3 is 2.57 bits per heavy atom. The minimum atomic E-state index is -0.813. The van der Waals surface area contributed by atoms with Crippen LogP contribution in [0.25, 0.3) is 0 Å². The number of primary amides is 1. The third kappa shape index (κ3) is 3.40. The zero-order valence-corrected chi connectivity index (χ0v) is 12.8. The van der Waals surface area contributed by atoms with Gasteiger partial charge in [-0.05, 0) is 18.2 Å². The van der Waals surface area contributed by atoms with Crippen molar-refractivity contribution in [1.29, 1.82) is 0 Å². The van der Waals surface area contributed by atoms with Crippen molar-refractivity contribution in [3.05, 3.63) is 58.1 Å². The Hall–Kier alpha value is -1.91. The van der Waals surface area contributed by atoms with Gasteiger partial charge in [-0.3, -0.25) is 4.79 Å². The van der Waals surface area contributed by atoms with Crippen LogP contribution in [0.3, 0.4) is 0 Å². The SMILES string of the molecule is COc1ccccc1NC(C(N)=O)c1cccc(Cl)c1Cl. The van der Waals surface area contributed by atoms with Gasteiger partial charge in [0.1, 0.15) is 11.8 Å². The van der Waals surface area contributed by atoms with Crippen molar-refractivity contribution in [2.75, 3.05) is 12.4 Å². The van der Waals surface area contributed by atoms with Crippen molar-refractivity contribution >= 4 is 34.8 Å². The zero-order valence-electron chi connectivity index (χ0n) is 11.3. The number of hydrogen-bond acceptors (Lipinski definition) is 3. The van der Waals surface area contributed by atoms with E-state index in [1.807, 2.05) is 12.1 Å². The maximum Gasteiger partial charge on any atom is 0.244 e. The number of methoxy groups -OCH3 is 1. The summed E-state index contributed by atoms with van der Waals surface area (Å²) in [6.45, 7) is 0. The number of hydrogen-bond donors (Lipinski definition) is 2. The van der Waals surface area contributed by atoms with E-state index in [-0.39, 0.29) is 0 Å². The minimum Gasteiger partial charge on any atom is -0.495 e. The number of para-hydroxylation sites is 2.